The number of rotatable bonds is 4. The Kier molecular flexibility index (Phi) is 4.39. The zero-order valence-electron chi connectivity index (χ0n) is 13.9. The van der Waals surface area contributed by atoms with Crippen LogP contribution in [0.3, 0.4) is 0 Å². The van der Waals surface area contributed by atoms with Crippen LogP contribution in [0.1, 0.15) is 17.5 Å². The van der Waals surface area contributed by atoms with Crippen molar-refractivity contribution >= 4 is 16.1 Å². The van der Waals surface area contributed by atoms with Gasteiger partial charge in [-0.15, -0.1) is 0 Å². The summed E-state index contributed by atoms with van der Waals surface area (Å²) in [5.74, 6) is 0. The number of carbonyl (C=O) groups excluding carboxylic acids is 1. The summed E-state index contributed by atoms with van der Waals surface area (Å²) >= 11 is 0. The van der Waals surface area contributed by atoms with Crippen molar-refractivity contribution in [2.45, 2.75) is 23.8 Å². The summed E-state index contributed by atoms with van der Waals surface area (Å²) in [6.45, 7) is 5.67. The Morgan fingerprint density at radius 1 is 1.12 bits per heavy atom. The number of amides is 1. The average molecular weight is 357 g/mol. The molecule has 0 bridgehead atoms. The van der Waals surface area contributed by atoms with Gasteiger partial charge < -0.3 is 4.74 Å². The molecule has 1 aliphatic heterocycles. The topological polar surface area (TPSA) is 63.7 Å². The monoisotopic (exact) mass is 357 g/mol. The first kappa shape index (κ1) is 17.2. The van der Waals surface area contributed by atoms with Gasteiger partial charge in [-0.25, -0.2) is 17.5 Å². The predicted octanol–water partition coefficient (Wildman–Crippen LogP) is 3.61. The SMILES string of the molecule is C=C[C@@]1(c2ccccc2)CCN(S(=O)(=O)c2ccc(C)cc2)C(=O)O1. The van der Waals surface area contributed by atoms with Gasteiger partial charge in [-0.1, -0.05) is 54.6 Å². The van der Waals surface area contributed by atoms with Crippen molar-refractivity contribution in [3.8, 4) is 0 Å². The average Bonchev–Trinajstić information content (AvgIpc) is 2.62. The molecule has 1 aliphatic rings. The summed E-state index contributed by atoms with van der Waals surface area (Å²) in [6.07, 6.45) is 0.962. The standard InChI is InChI=1S/C19H19NO4S/c1-3-19(16-7-5-4-6-8-16)13-14-20(18(21)24-19)25(22,23)17-11-9-15(2)10-12-17/h3-12H,1,13-14H2,2H3/t19-/m0/s1. The minimum Gasteiger partial charge on any atom is -0.433 e. The number of carbonyl (C=O) groups is 1. The van der Waals surface area contributed by atoms with Gasteiger partial charge in [0, 0.05) is 13.0 Å². The lowest BCUT2D eigenvalue weighted by Gasteiger charge is -2.38. The van der Waals surface area contributed by atoms with E-state index in [1.807, 2.05) is 37.3 Å². The lowest BCUT2D eigenvalue weighted by Crippen LogP contribution is -2.49. The molecule has 0 aliphatic carbocycles. The van der Waals surface area contributed by atoms with Gasteiger partial charge in [0.05, 0.1) is 4.90 Å². The summed E-state index contributed by atoms with van der Waals surface area (Å²) in [5, 5.41) is 0. The van der Waals surface area contributed by atoms with E-state index in [0.717, 1.165) is 15.4 Å². The molecule has 6 heteroatoms. The lowest BCUT2D eigenvalue weighted by atomic mass is 9.89. The highest BCUT2D eigenvalue weighted by Gasteiger charge is 2.44. The summed E-state index contributed by atoms with van der Waals surface area (Å²) in [4.78, 5) is 12.6. The van der Waals surface area contributed by atoms with Gasteiger partial charge >= 0.3 is 6.09 Å². The van der Waals surface area contributed by atoms with E-state index in [4.69, 9.17) is 4.74 Å². The number of benzene rings is 2. The Morgan fingerprint density at radius 3 is 2.32 bits per heavy atom. The number of nitrogens with zero attached hydrogens (tertiary/aromatic N) is 1. The van der Waals surface area contributed by atoms with Crippen molar-refractivity contribution in [3.05, 3.63) is 78.4 Å². The molecule has 25 heavy (non-hydrogen) atoms. The first-order valence-electron chi connectivity index (χ1n) is 7.90. The van der Waals surface area contributed by atoms with E-state index in [1.165, 1.54) is 12.1 Å². The summed E-state index contributed by atoms with van der Waals surface area (Å²) in [5.41, 5.74) is 0.693. The second-order valence-electron chi connectivity index (χ2n) is 5.97. The maximum atomic E-state index is 12.7. The van der Waals surface area contributed by atoms with Crippen molar-refractivity contribution in [2.75, 3.05) is 6.54 Å². The minimum atomic E-state index is -3.94. The summed E-state index contributed by atoms with van der Waals surface area (Å²) in [7, 11) is -3.94. The maximum Gasteiger partial charge on any atom is 0.425 e. The van der Waals surface area contributed by atoms with E-state index < -0.39 is 21.7 Å². The third kappa shape index (κ3) is 3.05. The van der Waals surface area contributed by atoms with Gasteiger partial charge in [0.15, 0.2) is 5.60 Å². The van der Waals surface area contributed by atoms with Crippen LogP contribution in [0.25, 0.3) is 0 Å². The smallest absolute Gasteiger partial charge is 0.425 e. The fourth-order valence-electron chi connectivity index (χ4n) is 2.86. The van der Waals surface area contributed by atoms with Gasteiger partial charge in [0.2, 0.25) is 0 Å². The lowest BCUT2D eigenvalue weighted by molar-refractivity contribution is -0.00230. The molecule has 3 rings (SSSR count). The van der Waals surface area contributed by atoms with Crippen molar-refractivity contribution in [2.24, 2.45) is 0 Å². The molecule has 5 nitrogen and oxygen atoms in total. The Hall–Kier alpha value is -2.60. The van der Waals surface area contributed by atoms with Crippen molar-refractivity contribution in [3.63, 3.8) is 0 Å². The molecule has 0 saturated carbocycles. The first-order chi connectivity index (χ1) is 11.9. The normalized spacial score (nSPS) is 20.8. The van der Waals surface area contributed by atoms with Crippen LogP contribution in [0.15, 0.2) is 72.1 Å². The minimum absolute atomic E-state index is 0.0238. The molecule has 1 amide bonds. The first-order valence-corrected chi connectivity index (χ1v) is 9.34. The van der Waals surface area contributed by atoms with Crippen LogP contribution in [0.2, 0.25) is 0 Å². The number of aryl methyl sites for hydroxylation is 1. The molecule has 0 unspecified atom stereocenters. The van der Waals surface area contributed by atoms with Gasteiger partial charge in [-0.2, -0.15) is 0 Å². The van der Waals surface area contributed by atoms with Gasteiger partial charge in [0.1, 0.15) is 0 Å². The number of hydrogen-bond donors (Lipinski definition) is 0. The van der Waals surface area contributed by atoms with Crippen LogP contribution in [-0.4, -0.2) is 25.4 Å². The summed E-state index contributed by atoms with van der Waals surface area (Å²) in [6, 6.07) is 15.6. The quantitative estimate of drug-likeness (QED) is 0.784. The van der Waals surface area contributed by atoms with Gasteiger partial charge in [-0.3, -0.25) is 0 Å². The third-order valence-electron chi connectivity index (χ3n) is 4.36. The van der Waals surface area contributed by atoms with E-state index in [-0.39, 0.29) is 11.4 Å². The molecule has 130 valence electrons. The van der Waals surface area contributed by atoms with E-state index >= 15 is 0 Å². The Balaban J connectivity index is 1.90. The van der Waals surface area contributed by atoms with Crippen molar-refractivity contribution in [1.82, 2.24) is 4.31 Å². The zero-order valence-corrected chi connectivity index (χ0v) is 14.7. The highest BCUT2D eigenvalue weighted by molar-refractivity contribution is 7.89. The van der Waals surface area contributed by atoms with Crippen LogP contribution in [0.5, 0.6) is 0 Å². The highest BCUT2D eigenvalue weighted by Crippen LogP contribution is 2.36. The fraction of sp³-hybridized carbons (Fsp3) is 0.211. The van der Waals surface area contributed by atoms with Crippen LogP contribution < -0.4 is 0 Å². The van der Waals surface area contributed by atoms with Crippen molar-refractivity contribution < 1.29 is 17.9 Å². The molecule has 0 spiro atoms. The third-order valence-corrected chi connectivity index (χ3v) is 6.14. The van der Waals surface area contributed by atoms with Crippen LogP contribution >= 0.6 is 0 Å². The highest BCUT2D eigenvalue weighted by atomic mass is 32.2. The molecule has 1 atom stereocenters. The number of ether oxygens (including phenoxy) is 1. The van der Waals surface area contributed by atoms with Crippen LogP contribution in [-0.2, 0) is 20.4 Å². The Labute approximate surface area is 147 Å². The van der Waals surface area contributed by atoms with E-state index in [9.17, 15) is 13.2 Å². The molecular formula is C19H19NO4S. The molecule has 1 fully saturated rings. The molecule has 1 heterocycles. The molecule has 0 N–H and O–H groups in total. The van der Waals surface area contributed by atoms with Crippen molar-refractivity contribution in [1.29, 1.82) is 0 Å². The maximum absolute atomic E-state index is 12.7. The van der Waals surface area contributed by atoms with E-state index in [0.29, 0.717) is 6.42 Å². The van der Waals surface area contributed by atoms with E-state index in [1.54, 1.807) is 18.2 Å². The Bertz CT molecular complexity index is 891. The molecule has 1 saturated heterocycles. The summed E-state index contributed by atoms with van der Waals surface area (Å²) < 4.78 is 31.8. The number of hydrogen-bond acceptors (Lipinski definition) is 4. The van der Waals surface area contributed by atoms with Gasteiger partial charge in [0.25, 0.3) is 10.0 Å². The Morgan fingerprint density at radius 2 is 1.76 bits per heavy atom. The fourth-order valence-corrected chi connectivity index (χ4v) is 4.16. The molecule has 2 aromatic rings. The molecular weight excluding hydrogens is 338 g/mol. The molecule has 2 aromatic carbocycles. The zero-order chi connectivity index (χ0) is 18.1. The molecule has 0 aromatic heterocycles. The number of sulfonamides is 1. The van der Waals surface area contributed by atoms with Crippen LogP contribution in [0.4, 0.5) is 4.79 Å². The second-order valence-corrected chi connectivity index (χ2v) is 7.83. The second kappa shape index (κ2) is 6.37. The van der Waals surface area contributed by atoms with E-state index in [2.05, 4.69) is 6.58 Å². The largest absolute Gasteiger partial charge is 0.433 e. The van der Waals surface area contributed by atoms with Gasteiger partial charge in [-0.05, 0) is 30.7 Å². The predicted molar refractivity (Wildman–Crippen MR) is 94.5 cm³/mol. The van der Waals surface area contributed by atoms with Crippen LogP contribution in [0, 0.1) is 6.92 Å². The molecule has 0 radical (unpaired) electrons. The number of cyclic esters (lactones) is 1.